The average Bonchev–Trinajstić information content (AvgIpc) is 2.50. The van der Waals surface area contributed by atoms with Crippen LogP contribution in [0.2, 0.25) is 0 Å². The molecule has 13 heavy (non-hydrogen) atoms. The lowest BCUT2D eigenvalue weighted by Gasteiger charge is -2.12. The van der Waals surface area contributed by atoms with Gasteiger partial charge in [0.1, 0.15) is 0 Å². The molecule has 72 valence electrons. The Labute approximate surface area is 76.1 Å². The smallest absolute Gasteiger partial charge is 0.287 e. The average molecular weight is 183 g/mol. The van der Waals surface area contributed by atoms with E-state index in [1.165, 1.54) is 12.3 Å². The second kappa shape index (κ2) is 3.57. The molecule has 1 aromatic heterocycles. The van der Waals surface area contributed by atoms with Crippen molar-refractivity contribution in [2.24, 2.45) is 11.7 Å². The van der Waals surface area contributed by atoms with Crippen molar-refractivity contribution in [1.29, 1.82) is 0 Å². The summed E-state index contributed by atoms with van der Waals surface area (Å²) in [4.78, 5) is 12.7. The third-order valence-corrected chi connectivity index (χ3v) is 1.98. The number of aromatic amines is 1. The zero-order valence-corrected chi connectivity index (χ0v) is 7.65. The van der Waals surface area contributed by atoms with Crippen molar-refractivity contribution >= 4 is 5.69 Å². The molecule has 3 N–H and O–H groups in total. The molecule has 1 heterocycles. The SMILES string of the molecule is CC(C)C(N)c1cc([N+](=O)[O-])c[nH]1. The van der Waals surface area contributed by atoms with Crippen molar-refractivity contribution in [2.45, 2.75) is 19.9 Å². The van der Waals surface area contributed by atoms with Crippen molar-refractivity contribution in [1.82, 2.24) is 4.98 Å². The maximum absolute atomic E-state index is 10.4. The standard InChI is InChI=1S/C8H13N3O2/c1-5(2)8(9)7-3-6(4-10-7)11(12)13/h3-5,8,10H,9H2,1-2H3. The van der Waals surface area contributed by atoms with E-state index in [4.69, 9.17) is 5.73 Å². The Morgan fingerprint density at radius 1 is 1.62 bits per heavy atom. The quantitative estimate of drug-likeness (QED) is 0.551. The molecule has 0 saturated carbocycles. The normalized spacial score (nSPS) is 13.2. The van der Waals surface area contributed by atoms with Crippen LogP contribution in [0.15, 0.2) is 12.3 Å². The Kier molecular flexibility index (Phi) is 2.67. The monoisotopic (exact) mass is 183 g/mol. The van der Waals surface area contributed by atoms with Gasteiger partial charge in [-0.05, 0) is 5.92 Å². The highest BCUT2D eigenvalue weighted by Crippen LogP contribution is 2.21. The molecule has 0 saturated heterocycles. The number of nitrogens with two attached hydrogens (primary N) is 1. The van der Waals surface area contributed by atoms with Gasteiger partial charge in [-0.2, -0.15) is 0 Å². The number of nitrogens with one attached hydrogen (secondary N) is 1. The van der Waals surface area contributed by atoms with Crippen LogP contribution in [0.1, 0.15) is 25.6 Å². The number of H-pyrrole nitrogens is 1. The third-order valence-electron chi connectivity index (χ3n) is 1.98. The molecular formula is C8H13N3O2. The molecule has 5 heteroatoms. The van der Waals surface area contributed by atoms with Gasteiger partial charge in [-0.1, -0.05) is 13.8 Å². The van der Waals surface area contributed by atoms with Crippen LogP contribution in [0.3, 0.4) is 0 Å². The predicted molar refractivity (Wildman–Crippen MR) is 49.2 cm³/mol. The lowest BCUT2D eigenvalue weighted by molar-refractivity contribution is -0.384. The second-order valence-electron chi connectivity index (χ2n) is 3.34. The molecule has 0 aliphatic heterocycles. The number of nitro groups is 1. The van der Waals surface area contributed by atoms with E-state index < -0.39 is 4.92 Å². The highest BCUT2D eigenvalue weighted by atomic mass is 16.6. The second-order valence-corrected chi connectivity index (χ2v) is 3.34. The molecule has 1 aromatic rings. The molecule has 0 aliphatic carbocycles. The third kappa shape index (κ3) is 2.06. The number of nitrogens with zero attached hydrogens (tertiary/aromatic N) is 1. The summed E-state index contributed by atoms with van der Waals surface area (Å²) < 4.78 is 0. The number of aromatic nitrogens is 1. The van der Waals surface area contributed by atoms with Gasteiger partial charge in [-0.15, -0.1) is 0 Å². The zero-order valence-electron chi connectivity index (χ0n) is 7.65. The molecule has 0 aliphatic rings. The van der Waals surface area contributed by atoms with Crippen molar-refractivity contribution in [3.05, 3.63) is 28.1 Å². The van der Waals surface area contributed by atoms with Crippen molar-refractivity contribution < 1.29 is 4.92 Å². The van der Waals surface area contributed by atoms with Gasteiger partial charge in [-0.25, -0.2) is 0 Å². The molecule has 0 spiro atoms. The first-order valence-electron chi connectivity index (χ1n) is 4.10. The van der Waals surface area contributed by atoms with Gasteiger partial charge in [0.2, 0.25) is 0 Å². The Hall–Kier alpha value is -1.36. The van der Waals surface area contributed by atoms with E-state index in [-0.39, 0.29) is 17.6 Å². The summed E-state index contributed by atoms with van der Waals surface area (Å²) in [5, 5.41) is 10.4. The summed E-state index contributed by atoms with van der Waals surface area (Å²) in [6.07, 6.45) is 1.36. The van der Waals surface area contributed by atoms with E-state index in [0.29, 0.717) is 5.69 Å². The minimum absolute atomic E-state index is 0.0612. The van der Waals surface area contributed by atoms with E-state index >= 15 is 0 Å². The largest absolute Gasteiger partial charge is 0.358 e. The highest BCUT2D eigenvalue weighted by molar-refractivity contribution is 5.31. The molecule has 1 rings (SSSR count). The van der Waals surface area contributed by atoms with Crippen molar-refractivity contribution in [2.75, 3.05) is 0 Å². The fourth-order valence-corrected chi connectivity index (χ4v) is 1.06. The Morgan fingerprint density at radius 3 is 2.62 bits per heavy atom. The molecule has 0 amide bonds. The fraction of sp³-hybridized carbons (Fsp3) is 0.500. The van der Waals surface area contributed by atoms with Gasteiger partial charge in [0.15, 0.2) is 0 Å². The van der Waals surface area contributed by atoms with Gasteiger partial charge < -0.3 is 10.7 Å². The number of hydrogen-bond donors (Lipinski definition) is 2. The minimum atomic E-state index is -0.437. The Morgan fingerprint density at radius 2 is 2.23 bits per heavy atom. The molecule has 0 radical (unpaired) electrons. The first-order chi connectivity index (χ1) is 6.02. The number of hydrogen-bond acceptors (Lipinski definition) is 3. The zero-order chi connectivity index (χ0) is 10.0. The molecule has 0 bridgehead atoms. The van der Waals surface area contributed by atoms with Crippen LogP contribution in [0.4, 0.5) is 5.69 Å². The first-order valence-corrected chi connectivity index (χ1v) is 4.10. The maximum Gasteiger partial charge on any atom is 0.287 e. The predicted octanol–water partition coefficient (Wildman–Crippen LogP) is 1.58. The Balaban J connectivity index is 2.85. The molecule has 0 fully saturated rings. The summed E-state index contributed by atoms with van der Waals surface area (Å²) in [5.41, 5.74) is 6.57. The van der Waals surface area contributed by atoms with Crippen LogP contribution >= 0.6 is 0 Å². The van der Waals surface area contributed by atoms with E-state index in [2.05, 4.69) is 4.98 Å². The molecule has 5 nitrogen and oxygen atoms in total. The van der Waals surface area contributed by atoms with Crippen LogP contribution < -0.4 is 5.73 Å². The van der Waals surface area contributed by atoms with Gasteiger partial charge >= 0.3 is 0 Å². The molecule has 0 aromatic carbocycles. The summed E-state index contributed by atoms with van der Waals surface area (Å²) in [6, 6.07) is 1.30. The van der Waals surface area contributed by atoms with E-state index in [1.54, 1.807) is 0 Å². The van der Waals surface area contributed by atoms with E-state index in [0.717, 1.165) is 0 Å². The topological polar surface area (TPSA) is 84.9 Å². The minimum Gasteiger partial charge on any atom is -0.358 e. The van der Waals surface area contributed by atoms with Gasteiger partial charge in [0.25, 0.3) is 5.69 Å². The summed E-state index contributed by atoms with van der Waals surface area (Å²) in [6.45, 7) is 3.94. The van der Waals surface area contributed by atoms with E-state index in [9.17, 15) is 10.1 Å². The molecular weight excluding hydrogens is 170 g/mol. The molecule has 1 unspecified atom stereocenters. The summed E-state index contributed by atoms with van der Waals surface area (Å²) in [5.74, 6) is 0.262. The van der Waals surface area contributed by atoms with Crippen molar-refractivity contribution in [3.63, 3.8) is 0 Å². The highest BCUT2D eigenvalue weighted by Gasteiger charge is 2.16. The van der Waals surface area contributed by atoms with Crippen LogP contribution in [-0.4, -0.2) is 9.91 Å². The fourth-order valence-electron chi connectivity index (χ4n) is 1.06. The van der Waals surface area contributed by atoms with Crippen LogP contribution in [0, 0.1) is 16.0 Å². The number of rotatable bonds is 3. The first kappa shape index (κ1) is 9.73. The molecule has 1 atom stereocenters. The van der Waals surface area contributed by atoms with Crippen LogP contribution in [0.25, 0.3) is 0 Å². The van der Waals surface area contributed by atoms with Gasteiger partial charge in [-0.3, -0.25) is 10.1 Å². The van der Waals surface area contributed by atoms with Crippen LogP contribution in [0.5, 0.6) is 0 Å². The van der Waals surface area contributed by atoms with Crippen molar-refractivity contribution in [3.8, 4) is 0 Å². The van der Waals surface area contributed by atoms with Crippen LogP contribution in [-0.2, 0) is 0 Å². The Bertz CT molecular complexity index is 306. The lowest BCUT2D eigenvalue weighted by atomic mass is 10.0. The summed E-state index contributed by atoms with van der Waals surface area (Å²) >= 11 is 0. The van der Waals surface area contributed by atoms with Gasteiger partial charge in [0, 0.05) is 17.8 Å². The lowest BCUT2D eigenvalue weighted by Crippen LogP contribution is -2.16. The summed E-state index contributed by atoms with van der Waals surface area (Å²) in [7, 11) is 0. The van der Waals surface area contributed by atoms with E-state index in [1.807, 2.05) is 13.8 Å². The van der Waals surface area contributed by atoms with Gasteiger partial charge in [0.05, 0.1) is 11.1 Å². The maximum atomic E-state index is 10.4.